The van der Waals surface area contributed by atoms with Crippen LogP contribution in [0.15, 0.2) is 73.1 Å². The van der Waals surface area contributed by atoms with Crippen LogP contribution >= 0.6 is 0 Å². The number of halogens is 1. The van der Waals surface area contributed by atoms with Gasteiger partial charge in [-0.3, -0.25) is 9.55 Å². The first-order chi connectivity index (χ1) is 15.1. The number of hydrogen-bond acceptors (Lipinski definition) is 6. The van der Waals surface area contributed by atoms with Crippen molar-refractivity contribution >= 4 is 17.0 Å². The topological polar surface area (TPSA) is 103 Å². The van der Waals surface area contributed by atoms with Crippen molar-refractivity contribution in [2.45, 2.75) is 6.61 Å². The highest BCUT2D eigenvalue weighted by atomic mass is 19.1. The quantitative estimate of drug-likeness (QED) is 0.466. The number of aliphatic hydroxyl groups excluding tert-OH is 1. The molecule has 3 N–H and O–H groups in total. The van der Waals surface area contributed by atoms with Gasteiger partial charge in [-0.15, -0.1) is 0 Å². The average Bonchev–Trinajstić information content (AvgIpc) is 3.18. The lowest BCUT2D eigenvalue weighted by Gasteiger charge is -2.11. The van der Waals surface area contributed by atoms with Crippen molar-refractivity contribution in [3.05, 3.63) is 84.4 Å². The van der Waals surface area contributed by atoms with Crippen molar-refractivity contribution in [1.82, 2.24) is 24.5 Å². The second-order valence-corrected chi connectivity index (χ2v) is 6.93. The van der Waals surface area contributed by atoms with E-state index >= 15 is 0 Å². The van der Waals surface area contributed by atoms with E-state index < -0.39 is 5.82 Å². The molecule has 0 spiro atoms. The molecular formula is C23H17FN6O. The second kappa shape index (κ2) is 7.58. The molecule has 0 saturated heterocycles. The van der Waals surface area contributed by atoms with Gasteiger partial charge in [0, 0.05) is 11.9 Å². The van der Waals surface area contributed by atoms with Crippen molar-refractivity contribution in [2.24, 2.45) is 0 Å². The van der Waals surface area contributed by atoms with Crippen LogP contribution in [0, 0.1) is 5.82 Å². The minimum Gasteiger partial charge on any atom is -0.392 e. The first-order valence-electron chi connectivity index (χ1n) is 9.56. The van der Waals surface area contributed by atoms with Crippen LogP contribution in [-0.2, 0) is 6.61 Å². The van der Waals surface area contributed by atoms with Crippen molar-refractivity contribution in [3.63, 3.8) is 0 Å². The van der Waals surface area contributed by atoms with E-state index in [0.29, 0.717) is 39.8 Å². The van der Waals surface area contributed by atoms with Gasteiger partial charge in [-0.1, -0.05) is 12.1 Å². The molecule has 7 nitrogen and oxygen atoms in total. The van der Waals surface area contributed by atoms with E-state index in [1.54, 1.807) is 24.4 Å². The number of nitrogens with two attached hydrogens (primary N) is 1. The Kier molecular flexibility index (Phi) is 4.61. The summed E-state index contributed by atoms with van der Waals surface area (Å²) in [6.07, 6.45) is 2.78. The number of benzene rings is 1. The Labute approximate surface area is 176 Å². The van der Waals surface area contributed by atoms with E-state index in [0.717, 1.165) is 17.4 Å². The summed E-state index contributed by atoms with van der Waals surface area (Å²) in [5.74, 6) is 0.536. The average molecular weight is 412 g/mol. The molecule has 152 valence electrons. The largest absolute Gasteiger partial charge is 0.392 e. The molecule has 4 heterocycles. The SMILES string of the molecule is Nc1ncccc1-c1nc2ccc(-c3ccc(F)cn3)nc2n1-c1ccc(CO)cc1. The number of anilines is 1. The normalized spacial score (nSPS) is 11.2. The molecular weight excluding hydrogens is 395 g/mol. The molecule has 0 fully saturated rings. The van der Waals surface area contributed by atoms with Crippen LogP contribution in [0.1, 0.15) is 5.56 Å². The molecule has 0 radical (unpaired) electrons. The fourth-order valence-electron chi connectivity index (χ4n) is 3.41. The van der Waals surface area contributed by atoms with Crippen LogP contribution in [0.2, 0.25) is 0 Å². The molecule has 0 bridgehead atoms. The van der Waals surface area contributed by atoms with E-state index in [2.05, 4.69) is 9.97 Å². The lowest BCUT2D eigenvalue weighted by molar-refractivity contribution is 0.282. The molecule has 0 aliphatic rings. The summed E-state index contributed by atoms with van der Waals surface area (Å²) in [6.45, 7) is -0.0496. The summed E-state index contributed by atoms with van der Waals surface area (Å²) < 4.78 is 15.2. The van der Waals surface area contributed by atoms with E-state index in [9.17, 15) is 9.50 Å². The fraction of sp³-hybridized carbons (Fsp3) is 0.0435. The standard InChI is InChI=1S/C23H17FN6O/c24-15-5-8-18(27-12-15)19-9-10-20-23(28-19)30(16-6-3-14(13-31)4-7-16)22(29-20)17-2-1-11-26-21(17)25/h1-12,31H,13H2,(H2,25,26). The highest BCUT2D eigenvalue weighted by molar-refractivity contribution is 5.84. The first kappa shape index (κ1) is 18.8. The lowest BCUT2D eigenvalue weighted by Crippen LogP contribution is -2.02. The number of imidazole rings is 1. The number of aromatic nitrogens is 5. The molecule has 0 atom stereocenters. The summed E-state index contributed by atoms with van der Waals surface area (Å²) in [5.41, 5.74) is 10.8. The zero-order valence-corrected chi connectivity index (χ0v) is 16.3. The van der Waals surface area contributed by atoms with Crippen molar-refractivity contribution in [1.29, 1.82) is 0 Å². The summed E-state index contributed by atoms with van der Waals surface area (Å²) >= 11 is 0. The molecule has 0 aliphatic carbocycles. The van der Waals surface area contributed by atoms with Gasteiger partial charge in [0.25, 0.3) is 0 Å². The second-order valence-electron chi connectivity index (χ2n) is 6.93. The number of nitrogen functional groups attached to an aromatic ring is 1. The summed E-state index contributed by atoms with van der Waals surface area (Å²) in [7, 11) is 0. The molecule has 5 rings (SSSR count). The smallest absolute Gasteiger partial charge is 0.165 e. The van der Waals surface area contributed by atoms with E-state index in [4.69, 9.17) is 15.7 Å². The molecule has 1 aromatic carbocycles. The molecule has 0 saturated carbocycles. The highest BCUT2D eigenvalue weighted by Crippen LogP contribution is 2.31. The number of fused-ring (bicyclic) bond motifs is 1. The number of aliphatic hydroxyl groups is 1. The van der Waals surface area contributed by atoms with E-state index in [1.807, 2.05) is 41.0 Å². The Bertz CT molecular complexity index is 1380. The van der Waals surface area contributed by atoms with Gasteiger partial charge in [0.05, 0.1) is 29.8 Å². The number of rotatable bonds is 4. The Morgan fingerprint density at radius 1 is 0.903 bits per heavy atom. The monoisotopic (exact) mass is 412 g/mol. The van der Waals surface area contributed by atoms with Crippen LogP contribution < -0.4 is 5.73 Å². The van der Waals surface area contributed by atoms with Crippen molar-refractivity contribution in [2.75, 3.05) is 5.73 Å². The lowest BCUT2D eigenvalue weighted by atomic mass is 10.2. The maximum Gasteiger partial charge on any atom is 0.165 e. The number of nitrogens with zero attached hydrogens (tertiary/aromatic N) is 5. The Hall–Kier alpha value is -4.17. The van der Waals surface area contributed by atoms with Crippen LogP contribution in [-0.4, -0.2) is 29.6 Å². The molecule has 4 aromatic heterocycles. The van der Waals surface area contributed by atoms with E-state index in [-0.39, 0.29) is 6.61 Å². The molecule has 0 unspecified atom stereocenters. The third kappa shape index (κ3) is 3.38. The predicted octanol–water partition coefficient (Wildman–Crippen LogP) is 3.76. The van der Waals surface area contributed by atoms with Gasteiger partial charge in [0.1, 0.15) is 17.2 Å². The molecule has 0 aliphatic heterocycles. The van der Waals surface area contributed by atoms with Gasteiger partial charge < -0.3 is 10.8 Å². The van der Waals surface area contributed by atoms with Crippen LogP contribution in [0.25, 0.3) is 39.6 Å². The van der Waals surface area contributed by atoms with Gasteiger partial charge in [-0.05, 0) is 54.1 Å². The predicted molar refractivity (Wildman–Crippen MR) is 116 cm³/mol. The summed E-state index contributed by atoms with van der Waals surface area (Å²) in [6, 6.07) is 17.7. The molecule has 0 amide bonds. The van der Waals surface area contributed by atoms with Crippen molar-refractivity contribution < 1.29 is 9.50 Å². The Balaban J connectivity index is 1.77. The van der Waals surface area contributed by atoms with E-state index in [1.165, 1.54) is 6.07 Å². The fourth-order valence-corrected chi connectivity index (χ4v) is 3.41. The molecule has 5 aromatic rings. The van der Waals surface area contributed by atoms with Crippen LogP contribution in [0.3, 0.4) is 0 Å². The number of pyridine rings is 3. The maximum atomic E-state index is 13.3. The van der Waals surface area contributed by atoms with Crippen LogP contribution in [0.5, 0.6) is 0 Å². The van der Waals surface area contributed by atoms with Gasteiger partial charge >= 0.3 is 0 Å². The highest BCUT2D eigenvalue weighted by Gasteiger charge is 2.18. The van der Waals surface area contributed by atoms with Gasteiger partial charge in [0.15, 0.2) is 11.5 Å². The Morgan fingerprint density at radius 2 is 1.71 bits per heavy atom. The third-order valence-electron chi connectivity index (χ3n) is 4.95. The molecule has 8 heteroatoms. The van der Waals surface area contributed by atoms with Gasteiger partial charge in [0.2, 0.25) is 0 Å². The zero-order valence-electron chi connectivity index (χ0n) is 16.3. The van der Waals surface area contributed by atoms with Crippen molar-refractivity contribution in [3.8, 4) is 28.5 Å². The zero-order chi connectivity index (χ0) is 21.4. The minimum absolute atomic E-state index is 0.0496. The molecule has 31 heavy (non-hydrogen) atoms. The first-order valence-corrected chi connectivity index (χ1v) is 9.56. The van der Waals surface area contributed by atoms with Gasteiger partial charge in [-0.2, -0.15) is 0 Å². The maximum absolute atomic E-state index is 13.3. The summed E-state index contributed by atoms with van der Waals surface area (Å²) in [5, 5.41) is 9.39. The third-order valence-corrected chi connectivity index (χ3v) is 4.95. The van der Waals surface area contributed by atoms with Crippen LogP contribution in [0.4, 0.5) is 10.2 Å². The van der Waals surface area contributed by atoms with Gasteiger partial charge in [-0.25, -0.2) is 19.3 Å². The minimum atomic E-state index is -0.409. The number of hydrogen-bond donors (Lipinski definition) is 2. The summed E-state index contributed by atoms with van der Waals surface area (Å²) in [4.78, 5) is 17.9. The Morgan fingerprint density at radius 3 is 2.42 bits per heavy atom.